The van der Waals surface area contributed by atoms with Crippen LogP contribution in [0.5, 0.6) is 0 Å². The minimum Gasteiger partial charge on any atom is -0.268 e. The van der Waals surface area contributed by atoms with E-state index < -0.39 is 15.9 Å². The van der Waals surface area contributed by atoms with E-state index in [2.05, 4.69) is 22.6 Å². The highest BCUT2D eigenvalue weighted by molar-refractivity contribution is 14.1. The second-order valence-electron chi connectivity index (χ2n) is 4.88. The van der Waals surface area contributed by atoms with Crippen molar-refractivity contribution in [3.05, 3.63) is 62.7 Å². The maximum Gasteiger partial charge on any atom is 0.269 e. The van der Waals surface area contributed by atoms with Crippen molar-refractivity contribution in [2.24, 2.45) is 0 Å². The van der Waals surface area contributed by atoms with Gasteiger partial charge in [-0.3, -0.25) is 4.79 Å². The summed E-state index contributed by atoms with van der Waals surface area (Å²) in [4.78, 5) is 12.5. The second-order valence-corrected chi connectivity index (χ2v) is 7.96. The van der Waals surface area contributed by atoms with Crippen LogP contribution in [0.3, 0.4) is 0 Å². The predicted molar refractivity (Wildman–Crippen MR) is 87.4 cm³/mol. The summed E-state index contributed by atoms with van der Waals surface area (Å²) in [6.45, 7) is 1.97. The highest BCUT2D eigenvalue weighted by atomic mass is 127. The molecule has 0 fully saturated rings. The second kappa shape index (κ2) is 5.10. The van der Waals surface area contributed by atoms with Crippen molar-refractivity contribution in [3.63, 3.8) is 0 Å². The fourth-order valence-electron chi connectivity index (χ4n) is 2.36. The average molecular weight is 413 g/mol. The van der Waals surface area contributed by atoms with Crippen LogP contribution in [0.15, 0.2) is 47.4 Å². The largest absolute Gasteiger partial charge is 0.269 e. The first kappa shape index (κ1) is 14.5. The number of fused-ring (bicyclic) bond motifs is 1. The molecule has 0 N–H and O–H groups in total. The predicted octanol–water partition coefficient (Wildman–Crippen LogP) is 2.94. The topological polar surface area (TPSA) is 54.5 Å². The molecule has 108 valence electrons. The van der Waals surface area contributed by atoms with Crippen molar-refractivity contribution in [2.75, 3.05) is 0 Å². The lowest BCUT2D eigenvalue weighted by atomic mass is 10.1. The molecule has 0 saturated carbocycles. The summed E-state index contributed by atoms with van der Waals surface area (Å²) in [7, 11) is -3.75. The van der Waals surface area contributed by atoms with Crippen LogP contribution in [0.4, 0.5) is 0 Å². The number of halogens is 1. The Hall–Kier alpha value is -1.41. The van der Waals surface area contributed by atoms with Gasteiger partial charge in [0.2, 0.25) is 0 Å². The number of aryl methyl sites for hydroxylation is 1. The van der Waals surface area contributed by atoms with Gasteiger partial charge in [-0.15, -0.1) is 0 Å². The van der Waals surface area contributed by atoms with E-state index in [0.29, 0.717) is 0 Å². The zero-order valence-electron chi connectivity index (χ0n) is 11.2. The van der Waals surface area contributed by atoms with Crippen LogP contribution >= 0.6 is 22.6 Å². The van der Waals surface area contributed by atoms with Crippen LogP contribution in [-0.4, -0.2) is 18.6 Å². The first-order chi connectivity index (χ1) is 9.91. The maximum absolute atomic E-state index is 12.5. The van der Waals surface area contributed by atoms with Gasteiger partial charge in [-0.25, -0.2) is 12.7 Å². The van der Waals surface area contributed by atoms with Crippen molar-refractivity contribution < 1.29 is 13.2 Å². The number of nitrogens with zero attached hydrogens (tertiary/aromatic N) is 1. The molecule has 0 radical (unpaired) electrons. The third-order valence-corrected chi connectivity index (χ3v) is 6.00. The molecule has 21 heavy (non-hydrogen) atoms. The van der Waals surface area contributed by atoms with Gasteiger partial charge < -0.3 is 0 Å². The first-order valence-corrected chi connectivity index (χ1v) is 8.84. The Kier molecular flexibility index (Phi) is 3.53. The van der Waals surface area contributed by atoms with Crippen LogP contribution in [0.2, 0.25) is 0 Å². The molecule has 1 heterocycles. The van der Waals surface area contributed by atoms with Crippen molar-refractivity contribution in [1.29, 1.82) is 0 Å². The van der Waals surface area contributed by atoms with Gasteiger partial charge in [0.25, 0.3) is 15.9 Å². The molecule has 6 heteroatoms. The zero-order valence-corrected chi connectivity index (χ0v) is 14.2. The molecule has 1 amide bonds. The van der Waals surface area contributed by atoms with Crippen LogP contribution in [0.25, 0.3) is 0 Å². The van der Waals surface area contributed by atoms with E-state index in [1.54, 1.807) is 12.1 Å². The summed E-state index contributed by atoms with van der Waals surface area (Å²) in [6.07, 6.45) is 0. The smallest absolute Gasteiger partial charge is 0.268 e. The molecular formula is C15H12INO3S. The lowest BCUT2D eigenvalue weighted by molar-refractivity contribution is 0.0865. The normalized spacial score (nSPS) is 16.1. The van der Waals surface area contributed by atoms with E-state index in [0.717, 1.165) is 19.0 Å². The van der Waals surface area contributed by atoms with E-state index in [1.807, 2.05) is 31.2 Å². The maximum atomic E-state index is 12.5. The number of sulfonamides is 1. The van der Waals surface area contributed by atoms with Crippen molar-refractivity contribution in [1.82, 2.24) is 4.31 Å². The Balaban J connectivity index is 2.07. The average Bonchev–Trinajstić information content (AvgIpc) is 2.62. The van der Waals surface area contributed by atoms with Crippen molar-refractivity contribution >= 4 is 38.5 Å². The Labute approximate surface area is 137 Å². The Bertz CT molecular complexity index is 846. The van der Waals surface area contributed by atoms with Gasteiger partial charge in [0.05, 0.1) is 12.1 Å². The van der Waals surface area contributed by atoms with E-state index in [1.165, 1.54) is 6.07 Å². The van der Waals surface area contributed by atoms with Crippen LogP contribution < -0.4 is 0 Å². The lowest BCUT2D eigenvalue weighted by Gasteiger charge is -2.16. The molecule has 0 unspecified atom stereocenters. The molecule has 1 aliphatic rings. The van der Waals surface area contributed by atoms with Gasteiger partial charge in [-0.05, 0) is 58.8 Å². The summed E-state index contributed by atoms with van der Waals surface area (Å²) in [6, 6.07) is 12.3. The van der Waals surface area contributed by atoms with Crippen molar-refractivity contribution in [2.45, 2.75) is 18.4 Å². The molecule has 0 saturated heterocycles. The number of hydrogen-bond acceptors (Lipinski definition) is 3. The molecule has 2 aromatic carbocycles. The van der Waals surface area contributed by atoms with E-state index in [4.69, 9.17) is 0 Å². The monoisotopic (exact) mass is 413 g/mol. The van der Waals surface area contributed by atoms with Crippen LogP contribution in [-0.2, 0) is 16.6 Å². The zero-order chi connectivity index (χ0) is 15.2. The van der Waals surface area contributed by atoms with E-state index in [-0.39, 0.29) is 17.0 Å². The minimum atomic E-state index is -3.75. The lowest BCUT2D eigenvalue weighted by Crippen LogP contribution is -2.29. The molecule has 0 spiro atoms. The Morgan fingerprint density at radius 3 is 2.57 bits per heavy atom. The third kappa shape index (κ3) is 2.36. The van der Waals surface area contributed by atoms with Gasteiger partial charge in [0, 0.05) is 3.57 Å². The highest BCUT2D eigenvalue weighted by Crippen LogP contribution is 2.32. The summed E-state index contributed by atoms with van der Waals surface area (Å²) >= 11 is 2.07. The number of rotatable bonds is 2. The van der Waals surface area contributed by atoms with Crippen LogP contribution in [0, 0.1) is 10.5 Å². The van der Waals surface area contributed by atoms with Gasteiger partial charge in [-0.1, -0.05) is 24.3 Å². The van der Waals surface area contributed by atoms with Gasteiger partial charge >= 0.3 is 0 Å². The molecule has 0 aromatic heterocycles. The van der Waals surface area contributed by atoms with E-state index in [9.17, 15) is 13.2 Å². The number of carbonyl (C=O) groups excluding carboxylic acids is 1. The molecule has 4 nitrogen and oxygen atoms in total. The quantitative estimate of drug-likeness (QED) is 0.712. The van der Waals surface area contributed by atoms with Crippen molar-refractivity contribution in [3.8, 4) is 0 Å². The molecule has 0 aliphatic carbocycles. The van der Waals surface area contributed by atoms with Gasteiger partial charge in [0.15, 0.2) is 0 Å². The molecule has 1 aliphatic heterocycles. The Morgan fingerprint density at radius 1 is 1.14 bits per heavy atom. The molecule has 2 aromatic rings. The molecule has 0 atom stereocenters. The van der Waals surface area contributed by atoms with Gasteiger partial charge in [0.1, 0.15) is 4.90 Å². The minimum absolute atomic E-state index is 0.0686. The van der Waals surface area contributed by atoms with Gasteiger partial charge in [-0.2, -0.15) is 0 Å². The summed E-state index contributed by atoms with van der Waals surface area (Å²) in [5, 5.41) is 0. The highest BCUT2D eigenvalue weighted by Gasteiger charge is 2.41. The summed E-state index contributed by atoms with van der Waals surface area (Å²) in [5.74, 6) is -0.452. The fourth-order valence-corrected chi connectivity index (χ4v) is 4.37. The number of hydrogen-bond donors (Lipinski definition) is 0. The first-order valence-electron chi connectivity index (χ1n) is 6.32. The summed E-state index contributed by atoms with van der Waals surface area (Å²) < 4.78 is 26.8. The number of carbonyl (C=O) groups is 1. The molecule has 0 bridgehead atoms. The summed E-state index contributed by atoms with van der Waals surface area (Å²) in [5.41, 5.74) is 2.05. The third-order valence-electron chi connectivity index (χ3n) is 3.54. The SMILES string of the molecule is Cc1ccccc1CN1C(=O)c2cc(I)ccc2S1(=O)=O. The molecule has 3 rings (SSSR count). The fraction of sp³-hybridized carbons (Fsp3) is 0.133. The number of benzene rings is 2. The Morgan fingerprint density at radius 2 is 1.86 bits per heavy atom. The van der Waals surface area contributed by atoms with Crippen LogP contribution in [0.1, 0.15) is 21.5 Å². The standard InChI is InChI=1S/C15H12INO3S/c1-10-4-2-3-5-11(10)9-17-15(18)13-8-12(16)6-7-14(13)21(17,19)20/h2-8H,9H2,1H3. The number of amides is 1. The van der Waals surface area contributed by atoms with E-state index >= 15 is 0 Å². The molecular weight excluding hydrogens is 401 g/mol.